The van der Waals surface area contributed by atoms with Crippen molar-refractivity contribution in [1.29, 1.82) is 0 Å². The molecule has 0 rings (SSSR count). The van der Waals surface area contributed by atoms with Gasteiger partial charge < -0.3 is 14.2 Å². The second-order valence-electron chi connectivity index (χ2n) is 18.9. The van der Waals surface area contributed by atoms with Crippen molar-refractivity contribution in [1.82, 2.24) is 0 Å². The lowest BCUT2D eigenvalue weighted by molar-refractivity contribution is -0.167. The second kappa shape index (κ2) is 45.9. The summed E-state index contributed by atoms with van der Waals surface area (Å²) in [6, 6.07) is 0. The fourth-order valence-corrected chi connectivity index (χ4v) is 7.96. The molecule has 0 N–H and O–H groups in total. The van der Waals surface area contributed by atoms with Crippen LogP contribution in [0.4, 0.5) is 0 Å². The second-order valence-corrected chi connectivity index (χ2v) is 18.9. The lowest BCUT2D eigenvalue weighted by Gasteiger charge is -2.18. The van der Waals surface area contributed by atoms with Gasteiger partial charge in [-0.15, -0.1) is 0 Å². The highest BCUT2D eigenvalue weighted by Crippen LogP contribution is 2.18. The predicted octanol–water partition coefficient (Wildman–Crippen LogP) is 16.9. The number of carbonyl (C=O) groups excluding carboxylic acids is 3. The van der Waals surface area contributed by atoms with E-state index in [0.717, 1.165) is 69.6 Å². The maximum absolute atomic E-state index is 12.8. The Morgan fingerprint density at radius 2 is 0.644 bits per heavy atom. The van der Waals surface area contributed by atoms with Gasteiger partial charge in [-0.3, -0.25) is 14.4 Å². The van der Waals surface area contributed by atoms with Crippen LogP contribution in [0, 0.1) is 11.8 Å². The molecular weight excluding hydrogens is 733 g/mol. The molecule has 59 heavy (non-hydrogen) atoms. The van der Waals surface area contributed by atoms with Crippen LogP contribution in [0.25, 0.3) is 0 Å². The number of rotatable bonds is 47. The molecule has 0 heterocycles. The van der Waals surface area contributed by atoms with Crippen LogP contribution in [0.15, 0.2) is 0 Å². The zero-order chi connectivity index (χ0) is 43.3. The first kappa shape index (κ1) is 57.4. The van der Waals surface area contributed by atoms with Gasteiger partial charge in [0.15, 0.2) is 6.10 Å². The van der Waals surface area contributed by atoms with Crippen LogP contribution in [0.1, 0.15) is 291 Å². The summed E-state index contributed by atoms with van der Waals surface area (Å²) in [6.45, 7) is 11.4. The van der Waals surface area contributed by atoms with Crippen molar-refractivity contribution in [3.63, 3.8) is 0 Å². The molecule has 0 amide bonds. The molecule has 0 aromatic carbocycles. The van der Waals surface area contributed by atoms with E-state index in [1.54, 1.807) is 0 Å². The molecule has 0 saturated carbocycles. The van der Waals surface area contributed by atoms with Crippen LogP contribution < -0.4 is 0 Å². The topological polar surface area (TPSA) is 78.9 Å². The third-order valence-corrected chi connectivity index (χ3v) is 12.3. The van der Waals surface area contributed by atoms with E-state index >= 15 is 0 Å². The Morgan fingerprint density at radius 1 is 0.356 bits per heavy atom. The highest BCUT2D eigenvalue weighted by molar-refractivity contribution is 5.71. The zero-order valence-electron chi connectivity index (χ0n) is 40.4. The van der Waals surface area contributed by atoms with Crippen LogP contribution in [-0.2, 0) is 28.6 Å². The maximum Gasteiger partial charge on any atom is 0.306 e. The Kier molecular flexibility index (Phi) is 44.7. The molecule has 0 radical (unpaired) electrons. The van der Waals surface area contributed by atoms with Gasteiger partial charge in [-0.05, 0) is 31.1 Å². The minimum absolute atomic E-state index is 0.0637. The highest BCUT2D eigenvalue weighted by atomic mass is 16.6. The number of hydrogen-bond acceptors (Lipinski definition) is 6. The molecule has 0 spiro atoms. The van der Waals surface area contributed by atoms with E-state index in [1.165, 1.54) is 180 Å². The van der Waals surface area contributed by atoms with E-state index in [0.29, 0.717) is 19.3 Å². The van der Waals surface area contributed by atoms with E-state index in [4.69, 9.17) is 14.2 Å². The normalized spacial score (nSPS) is 12.5. The van der Waals surface area contributed by atoms with E-state index in [9.17, 15) is 14.4 Å². The molecule has 0 aliphatic carbocycles. The number of carbonyl (C=O) groups is 3. The summed E-state index contributed by atoms with van der Waals surface area (Å²) in [5, 5.41) is 0. The summed E-state index contributed by atoms with van der Waals surface area (Å²) >= 11 is 0. The number of esters is 3. The van der Waals surface area contributed by atoms with Gasteiger partial charge in [-0.2, -0.15) is 0 Å². The summed E-state index contributed by atoms with van der Waals surface area (Å²) in [5.74, 6) is 0.838. The van der Waals surface area contributed by atoms with Crippen molar-refractivity contribution < 1.29 is 28.6 Å². The lowest BCUT2D eigenvalue weighted by Crippen LogP contribution is -2.30. The summed E-state index contributed by atoms with van der Waals surface area (Å²) in [7, 11) is 0. The van der Waals surface area contributed by atoms with Crippen molar-refractivity contribution in [3.8, 4) is 0 Å². The molecule has 0 aromatic heterocycles. The molecule has 2 atom stereocenters. The largest absolute Gasteiger partial charge is 0.462 e. The third-order valence-electron chi connectivity index (χ3n) is 12.3. The minimum atomic E-state index is -0.762. The smallest absolute Gasteiger partial charge is 0.306 e. The fourth-order valence-electron chi connectivity index (χ4n) is 7.96. The van der Waals surface area contributed by atoms with Gasteiger partial charge in [0, 0.05) is 19.3 Å². The first-order valence-corrected chi connectivity index (χ1v) is 26.3. The minimum Gasteiger partial charge on any atom is -0.462 e. The predicted molar refractivity (Wildman–Crippen MR) is 252 cm³/mol. The summed E-state index contributed by atoms with van der Waals surface area (Å²) < 4.78 is 16.8. The molecule has 0 fully saturated rings. The molecule has 6 heteroatoms. The van der Waals surface area contributed by atoms with Crippen LogP contribution in [0.5, 0.6) is 0 Å². The molecule has 1 unspecified atom stereocenters. The Labute approximate surface area is 368 Å². The van der Waals surface area contributed by atoms with Crippen molar-refractivity contribution in [3.05, 3.63) is 0 Å². The van der Waals surface area contributed by atoms with E-state index in [2.05, 4.69) is 34.6 Å². The lowest BCUT2D eigenvalue weighted by atomic mass is 9.99. The average Bonchev–Trinajstić information content (AvgIpc) is 3.22. The first-order valence-electron chi connectivity index (χ1n) is 26.3. The van der Waals surface area contributed by atoms with Gasteiger partial charge in [0.25, 0.3) is 0 Å². The van der Waals surface area contributed by atoms with Crippen LogP contribution in [-0.4, -0.2) is 37.2 Å². The molecule has 0 aliphatic rings. The quantitative estimate of drug-likeness (QED) is 0.0345. The molecule has 0 aliphatic heterocycles. The zero-order valence-corrected chi connectivity index (χ0v) is 40.4. The Bertz CT molecular complexity index is 902. The van der Waals surface area contributed by atoms with Gasteiger partial charge in [0.05, 0.1) is 0 Å². The van der Waals surface area contributed by atoms with Gasteiger partial charge in [0.2, 0.25) is 0 Å². The maximum atomic E-state index is 12.8. The van der Waals surface area contributed by atoms with Gasteiger partial charge >= 0.3 is 17.9 Å². The number of ether oxygens (including phenoxy) is 3. The Hall–Kier alpha value is -1.59. The SMILES string of the molecule is CCCCCCCCCCCCCCCC(=O)OC[C@@H](COC(=O)CCCCCCCCCCC(C)CC)OC(=O)CCCCCCCCCCCCCCCC(C)C. The van der Waals surface area contributed by atoms with Crippen LogP contribution in [0.3, 0.4) is 0 Å². The van der Waals surface area contributed by atoms with Gasteiger partial charge in [-0.25, -0.2) is 0 Å². The van der Waals surface area contributed by atoms with Gasteiger partial charge in [-0.1, -0.05) is 253 Å². The van der Waals surface area contributed by atoms with Crippen molar-refractivity contribution in [2.75, 3.05) is 13.2 Å². The van der Waals surface area contributed by atoms with Gasteiger partial charge in [0.1, 0.15) is 13.2 Å². The summed E-state index contributed by atoms with van der Waals surface area (Å²) in [5.41, 5.74) is 0. The molecule has 0 bridgehead atoms. The van der Waals surface area contributed by atoms with Crippen molar-refractivity contribution in [2.24, 2.45) is 11.8 Å². The summed E-state index contributed by atoms with van der Waals surface area (Å²) in [6.07, 6.45) is 46.5. The number of hydrogen-bond donors (Lipinski definition) is 0. The van der Waals surface area contributed by atoms with Crippen LogP contribution in [0.2, 0.25) is 0 Å². The first-order chi connectivity index (χ1) is 28.8. The summed E-state index contributed by atoms with van der Waals surface area (Å²) in [4.78, 5) is 38.0. The molecule has 0 saturated heterocycles. The standard InChI is InChI=1S/C53H102O6/c1-6-8-9-10-11-12-13-15-19-22-28-33-38-43-51(54)57-46-50(47-58-52(55)44-39-34-29-25-24-27-32-37-42-49(5)7-2)59-53(56)45-40-35-30-23-20-17-14-16-18-21-26-31-36-41-48(3)4/h48-50H,6-47H2,1-5H3/t49?,50-/m0/s1. The Morgan fingerprint density at radius 3 is 0.966 bits per heavy atom. The highest BCUT2D eigenvalue weighted by Gasteiger charge is 2.19. The van der Waals surface area contributed by atoms with E-state index in [-0.39, 0.29) is 31.1 Å². The molecule has 0 aromatic rings. The molecule has 350 valence electrons. The van der Waals surface area contributed by atoms with Crippen molar-refractivity contribution >= 4 is 17.9 Å². The fraction of sp³-hybridized carbons (Fsp3) is 0.943. The molecule has 6 nitrogen and oxygen atoms in total. The monoisotopic (exact) mass is 835 g/mol. The van der Waals surface area contributed by atoms with E-state index < -0.39 is 6.10 Å². The average molecular weight is 835 g/mol. The van der Waals surface area contributed by atoms with Crippen LogP contribution >= 0.6 is 0 Å². The van der Waals surface area contributed by atoms with Crippen molar-refractivity contribution in [2.45, 2.75) is 298 Å². The Balaban J connectivity index is 4.32. The third kappa shape index (κ3) is 45.8. The van der Waals surface area contributed by atoms with E-state index in [1.807, 2.05) is 0 Å². The molecular formula is C53H102O6. The number of unbranched alkanes of at least 4 members (excludes halogenated alkanes) is 31.